The van der Waals surface area contributed by atoms with Crippen LogP contribution >= 0.6 is 0 Å². The highest BCUT2D eigenvalue weighted by atomic mass is 19.1. The van der Waals surface area contributed by atoms with Crippen LogP contribution in [0.1, 0.15) is 50.8 Å². The summed E-state index contributed by atoms with van der Waals surface area (Å²) in [6, 6.07) is 3.28. The first-order valence-electron chi connectivity index (χ1n) is 15.4. The molecule has 2 aromatic rings. The number of nitrogens with zero attached hydrogens (tertiary/aromatic N) is 1. The normalized spacial score (nSPS) is 13.2. The first kappa shape index (κ1) is 39.8. The van der Waals surface area contributed by atoms with Crippen LogP contribution in [0.3, 0.4) is 0 Å². The van der Waals surface area contributed by atoms with Crippen LogP contribution in [0.4, 0.5) is 9.18 Å². The summed E-state index contributed by atoms with van der Waals surface area (Å²) in [5.74, 6) is -5.39. The molecule has 0 unspecified atom stereocenters. The molecule has 0 bridgehead atoms. The highest BCUT2D eigenvalue weighted by Gasteiger charge is 2.33. The number of hydrogen-bond donors (Lipinski definition) is 5. The predicted molar refractivity (Wildman–Crippen MR) is 170 cm³/mol. The number of ketones is 1. The van der Waals surface area contributed by atoms with Crippen LogP contribution in [-0.4, -0.2) is 96.6 Å². The van der Waals surface area contributed by atoms with Crippen molar-refractivity contribution in [2.45, 2.75) is 76.7 Å². The maximum atomic E-state index is 13.7. The van der Waals surface area contributed by atoms with E-state index in [0.717, 1.165) is 19.8 Å². The van der Waals surface area contributed by atoms with Crippen LogP contribution in [0.15, 0.2) is 42.9 Å². The molecule has 17 heteroatoms. The lowest BCUT2D eigenvalue weighted by Gasteiger charge is -2.26. The largest absolute Gasteiger partial charge is 0.469 e. The Balaban J connectivity index is 2.27. The number of aromatic nitrogens is 2. The Labute approximate surface area is 282 Å². The minimum Gasteiger partial charge on any atom is -0.469 e. The maximum absolute atomic E-state index is 13.7. The third kappa shape index (κ3) is 14.5. The van der Waals surface area contributed by atoms with Crippen molar-refractivity contribution in [2.24, 2.45) is 5.92 Å². The number of amides is 4. The second kappa shape index (κ2) is 20.8. The zero-order chi connectivity index (χ0) is 36.3. The molecule has 1 heterocycles. The summed E-state index contributed by atoms with van der Waals surface area (Å²) in [7, 11) is 2.20. The third-order valence-corrected chi connectivity index (χ3v) is 7.07. The molecular weight excluding hydrogens is 647 g/mol. The number of carbonyl (C=O) groups excluding carboxylic acids is 7. The molecule has 4 amide bonds. The van der Waals surface area contributed by atoms with Gasteiger partial charge in [0.2, 0.25) is 17.7 Å². The number of imidazole rings is 1. The molecule has 0 saturated heterocycles. The fourth-order valence-corrected chi connectivity index (χ4v) is 4.47. The van der Waals surface area contributed by atoms with Gasteiger partial charge in [0, 0.05) is 24.7 Å². The van der Waals surface area contributed by atoms with E-state index in [0.29, 0.717) is 5.69 Å². The van der Waals surface area contributed by atoms with Crippen molar-refractivity contribution >= 4 is 41.5 Å². The van der Waals surface area contributed by atoms with Gasteiger partial charge in [-0.2, -0.15) is 0 Å². The first-order chi connectivity index (χ1) is 23.4. The SMILES string of the molecule is COC(=O)CC[C@H](NC(=O)[C@@H](CC(C)C)NC(=O)OCc1ccccc1)C(=O)N[C@@H](Cc1cnc[nH]1)C(=O)N[C@H](CC(=O)OC)C(=O)CF. The van der Waals surface area contributed by atoms with Gasteiger partial charge >= 0.3 is 18.0 Å². The summed E-state index contributed by atoms with van der Waals surface area (Å²) >= 11 is 0. The number of aromatic amines is 1. The molecule has 0 saturated carbocycles. The highest BCUT2D eigenvalue weighted by molar-refractivity contribution is 5.97. The summed E-state index contributed by atoms with van der Waals surface area (Å²) in [6.45, 7) is 2.10. The van der Waals surface area contributed by atoms with Crippen molar-refractivity contribution in [3.05, 3.63) is 54.1 Å². The number of alkyl halides is 1. The van der Waals surface area contributed by atoms with E-state index >= 15 is 0 Å². The van der Waals surface area contributed by atoms with Crippen molar-refractivity contribution in [3.63, 3.8) is 0 Å². The molecule has 0 aliphatic rings. The lowest BCUT2D eigenvalue weighted by atomic mass is 10.0. The number of benzene rings is 1. The second-order valence-corrected chi connectivity index (χ2v) is 11.3. The van der Waals surface area contributed by atoms with Crippen LogP contribution in [0.5, 0.6) is 0 Å². The van der Waals surface area contributed by atoms with Crippen molar-refractivity contribution in [2.75, 3.05) is 20.9 Å². The Bertz CT molecular complexity index is 1410. The zero-order valence-corrected chi connectivity index (χ0v) is 27.8. The smallest absolute Gasteiger partial charge is 0.408 e. The summed E-state index contributed by atoms with van der Waals surface area (Å²) < 4.78 is 27.7. The Morgan fingerprint density at radius 2 is 1.43 bits per heavy atom. The summed E-state index contributed by atoms with van der Waals surface area (Å²) in [4.78, 5) is 95.8. The van der Waals surface area contributed by atoms with E-state index < -0.39 is 78.8 Å². The monoisotopic (exact) mass is 690 g/mol. The van der Waals surface area contributed by atoms with Gasteiger partial charge in [-0.3, -0.25) is 28.8 Å². The van der Waals surface area contributed by atoms with E-state index in [4.69, 9.17) is 4.74 Å². The van der Waals surface area contributed by atoms with Gasteiger partial charge in [-0.05, 0) is 24.3 Å². The number of rotatable bonds is 20. The fourth-order valence-electron chi connectivity index (χ4n) is 4.47. The molecule has 49 heavy (non-hydrogen) atoms. The zero-order valence-electron chi connectivity index (χ0n) is 27.8. The van der Waals surface area contributed by atoms with Crippen LogP contribution in [-0.2, 0) is 56.0 Å². The van der Waals surface area contributed by atoms with E-state index in [9.17, 15) is 38.0 Å². The quantitative estimate of drug-likeness (QED) is 0.0965. The Morgan fingerprint density at radius 1 is 0.816 bits per heavy atom. The molecule has 4 atom stereocenters. The van der Waals surface area contributed by atoms with Crippen LogP contribution in [0.2, 0.25) is 0 Å². The molecule has 5 N–H and O–H groups in total. The first-order valence-corrected chi connectivity index (χ1v) is 15.4. The minimum atomic E-state index is -1.59. The molecular formula is C32H43FN6O10. The molecule has 2 rings (SSSR count). The summed E-state index contributed by atoms with van der Waals surface area (Å²) in [6.07, 6.45) is 0.556. The van der Waals surface area contributed by atoms with Gasteiger partial charge in [0.15, 0.2) is 5.78 Å². The van der Waals surface area contributed by atoms with Crippen LogP contribution in [0.25, 0.3) is 0 Å². The average molecular weight is 691 g/mol. The van der Waals surface area contributed by atoms with Gasteiger partial charge in [0.25, 0.3) is 0 Å². The maximum Gasteiger partial charge on any atom is 0.408 e. The number of Topliss-reactive ketones (excluding diaryl/α,β-unsaturated/α-hetero) is 1. The predicted octanol–water partition coefficient (Wildman–Crippen LogP) is 0.803. The average Bonchev–Trinajstić information content (AvgIpc) is 3.60. The summed E-state index contributed by atoms with van der Waals surface area (Å²) in [5.41, 5.74) is 1.11. The summed E-state index contributed by atoms with van der Waals surface area (Å²) in [5, 5.41) is 9.82. The number of nitrogens with one attached hydrogen (secondary N) is 5. The van der Waals surface area contributed by atoms with Crippen molar-refractivity contribution in [1.29, 1.82) is 0 Å². The van der Waals surface area contributed by atoms with E-state index in [1.165, 1.54) is 12.5 Å². The molecule has 16 nitrogen and oxygen atoms in total. The lowest BCUT2D eigenvalue weighted by Crippen LogP contribution is -2.58. The van der Waals surface area contributed by atoms with Crippen molar-refractivity contribution in [3.8, 4) is 0 Å². The lowest BCUT2D eigenvalue weighted by molar-refractivity contribution is -0.144. The number of methoxy groups -OCH3 is 2. The van der Waals surface area contributed by atoms with E-state index in [-0.39, 0.29) is 38.2 Å². The van der Waals surface area contributed by atoms with E-state index in [1.54, 1.807) is 30.3 Å². The van der Waals surface area contributed by atoms with Crippen molar-refractivity contribution in [1.82, 2.24) is 31.2 Å². The molecule has 1 aromatic carbocycles. The van der Waals surface area contributed by atoms with Gasteiger partial charge in [0.1, 0.15) is 37.4 Å². The number of hydrogen-bond acceptors (Lipinski definition) is 11. The molecule has 0 spiro atoms. The topological polar surface area (TPSA) is 224 Å². The molecule has 1 aromatic heterocycles. The Morgan fingerprint density at radius 3 is 2.02 bits per heavy atom. The third-order valence-electron chi connectivity index (χ3n) is 7.07. The molecule has 0 fully saturated rings. The molecule has 268 valence electrons. The van der Waals surface area contributed by atoms with Gasteiger partial charge in [-0.15, -0.1) is 0 Å². The Kier molecular flexibility index (Phi) is 16.9. The van der Waals surface area contributed by atoms with Crippen molar-refractivity contribution < 1.29 is 52.2 Å². The van der Waals surface area contributed by atoms with Crippen LogP contribution in [0, 0.1) is 5.92 Å². The Hall–Kier alpha value is -5.35. The van der Waals surface area contributed by atoms with Gasteiger partial charge < -0.3 is 40.5 Å². The number of carbonyl (C=O) groups is 7. The second-order valence-electron chi connectivity index (χ2n) is 11.3. The number of esters is 2. The van der Waals surface area contributed by atoms with E-state index in [2.05, 4.69) is 40.7 Å². The highest BCUT2D eigenvalue weighted by Crippen LogP contribution is 2.10. The molecule has 0 aliphatic carbocycles. The van der Waals surface area contributed by atoms with Gasteiger partial charge in [-0.1, -0.05) is 44.2 Å². The molecule has 0 radical (unpaired) electrons. The number of H-pyrrole nitrogens is 1. The van der Waals surface area contributed by atoms with E-state index in [1.807, 2.05) is 13.8 Å². The van der Waals surface area contributed by atoms with Gasteiger partial charge in [-0.25, -0.2) is 14.2 Å². The standard InChI is InChI=1S/C32H43FN6O10/c1-19(2)12-24(39-32(46)49-17-20-8-6-5-7-9-20)30(44)36-22(10-11-27(41)47-3)29(43)38-25(13-21-16-34-18-35-21)31(45)37-23(26(40)15-33)14-28(42)48-4/h5-9,16,18-19,22-25H,10-15,17H2,1-4H3,(H,34,35)(H,36,44)(H,37,45)(H,38,43)(H,39,46)/t22-,23+,24+,25-/m0/s1. The number of alkyl carbamates (subject to hydrolysis) is 1. The van der Waals surface area contributed by atoms with Crippen LogP contribution < -0.4 is 21.3 Å². The van der Waals surface area contributed by atoms with Gasteiger partial charge in [0.05, 0.1) is 27.0 Å². The fraction of sp³-hybridized carbons (Fsp3) is 0.500. The number of ether oxygens (including phenoxy) is 3. The minimum absolute atomic E-state index is 0.0515. The molecule has 0 aliphatic heterocycles. The number of halogens is 1.